The summed E-state index contributed by atoms with van der Waals surface area (Å²) in [6.45, 7) is 0.812. The molecule has 2 rings (SSSR count). The molecular formula is C14H19N3O2. The van der Waals surface area contributed by atoms with Crippen LogP contribution in [0.4, 0.5) is 5.69 Å². The van der Waals surface area contributed by atoms with Gasteiger partial charge in [0.15, 0.2) is 0 Å². The van der Waals surface area contributed by atoms with Crippen molar-refractivity contribution in [2.45, 2.75) is 19.3 Å². The number of anilines is 1. The number of nitrogens with one attached hydrogen (secondary N) is 2. The van der Waals surface area contributed by atoms with Gasteiger partial charge < -0.3 is 16.4 Å². The standard InChI is InChI=1S/C14H19N3O2/c15-8-9-16-14(19)11-6-1-2-7-12(11)17-13(18)10-4-3-5-10/h1-2,6-7,10H,3-5,8-9,15H2,(H,16,19)(H,17,18). The Morgan fingerprint density at radius 2 is 2.00 bits per heavy atom. The molecule has 1 fully saturated rings. The fourth-order valence-electron chi connectivity index (χ4n) is 1.98. The van der Waals surface area contributed by atoms with Gasteiger partial charge in [0.25, 0.3) is 5.91 Å². The van der Waals surface area contributed by atoms with Crippen LogP contribution in [0.15, 0.2) is 24.3 Å². The number of nitrogens with two attached hydrogens (primary N) is 1. The summed E-state index contributed by atoms with van der Waals surface area (Å²) in [7, 11) is 0. The first-order valence-electron chi connectivity index (χ1n) is 6.60. The van der Waals surface area contributed by atoms with E-state index in [-0.39, 0.29) is 17.7 Å². The SMILES string of the molecule is NCCNC(=O)c1ccccc1NC(=O)C1CCC1. The maximum absolute atomic E-state index is 11.9. The van der Waals surface area contributed by atoms with Gasteiger partial charge in [-0.05, 0) is 25.0 Å². The van der Waals surface area contributed by atoms with Crippen molar-refractivity contribution in [3.05, 3.63) is 29.8 Å². The molecule has 0 radical (unpaired) electrons. The number of benzene rings is 1. The average Bonchev–Trinajstić information content (AvgIpc) is 2.34. The highest BCUT2D eigenvalue weighted by atomic mass is 16.2. The zero-order valence-electron chi connectivity index (χ0n) is 10.8. The van der Waals surface area contributed by atoms with Gasteiger partial charge in [-0.3, -0.25) is 9.59 Å². The van der Waals surface area contributed by atoms with Gasteiger partial charge in [-0.2, -0.15) is 0 Å². The van der Waals surface area contributed by atoms with E-state index in [1.807, 2.05) is 0 Å². The molecule has 1 aliphatic rings. The Morgan fingerprint density at radius 1 is 1.26 bits per heavy atom. The van der Waals surface area contributed by atoms with Gasteiger partial charge in [0.1, 0.15) is 0 Å². The maximum atomic E-state index is 11.9. The normalized spacial score (nSPS) is 14.6. The van der Waals surface area contributed by atoms with Crippen LogP contribution in [0, 0.1) is 5.92 Å². The summed E-state index contributed by atoms with van der Waals surface area (Å²) in [4.78, 5) is 23.9. The number of carbonyl (C=O) groups excluding carboxylic acids is 2. The van der Waals surface area contributed by atoms with Gasteiger partial charge >= 0.3 is 0 Å². The van der Waals surface area contributed by atoms with Crippen LogP contribution >= 0.6 is 0 Å². The summed E-state index contributed by atoms with van der Waals surface area (Å²) in [5.74, 6) is -0.111. The minimum atomic E-state index is -0.213. The second-order valence-corrected chi connectivity index (χ2v) is 4.71. The Balaban J connectivity index is 2.06. The largest absolute Gasteiger partial charge is 0.351 e. The number of carbonyl (C=O) groups is 2. The number of amides is 2. The van der Waals surface area contributed by atoms with Gasteiger partial charge in [0.05, 0.1) is 11.3 Å². The highest BCUT2D eigenvalue weighted by Crippen LogP contribution is 2.28. The predicted octanol–water partition coefficient (Wildman–Crippen LogP) is 1.11. The second kappa shape index (κ2) is 6.33. The van der Waals surface area contributed by atoms with E-state index in [4.69, 9.17) is 5.73 Å². The van der Waals surface area contributed by atoms with Gasteiger partial charge in [-0.25, -0.2) is 0 Å². The van der Waals surface area contributed by atoms with E-state index < -0.39 is 0 Å². The van der Waals surface area contributed by atoms with Crippen molar-refractivity contribution in [2.24, 2.45) is 11.7 Å². The number of para-hydroxylation sites is 1. The Labute approximate surface area is 112 Å². The molecule has 2 amide bonds. The summed E-state index contributed by atoms with van der Waals surface area (Å²) in [5.41, 5.74) is 6.39. The molecule has 19 heavy (non-hydrogen) atoms. The lowest BCUT2D eigenvalue weighted by Gasteiger charge is -2.24. The van der Waals surface area contributed by atoms with Crippen molar-refractivity contribution in [1.82, 2.24) is 5.32 Å². The van der Waals surface area contributed by atoms with Gasteiger partial charge in [-0.1, -0.05) is 18.6 Å². The third-order valence-electron chi connectivity index (χ3n) is 3.34. The summed E-state index contributed by atoms with van der Waals surface area (Å²) in [6, 6.07) is 7.02. The molecule has 0 heterocycles. The maximum Gasteiger partial charge on any atom is 0.253 e. The average molecular weight is 261 g/mol. The highest BCUT2D eigenvalue weighted by molar-refractivity contribution is 6.04. The lowest BCUT2D eigenvalue weighted by atomic mass is 9.85. The zero-order valence-corrected chi connectivity index (χ0v) is 10.8. The molecule has 0 atom stereocenters. The number of hydrogen-bond acceptors (Lipinski definition) is 3. The van der Waals surface area contributed by atoms with Crippen molar-refractivity contribution >= 4 is 17.5 Å². The molecule has 0 bridgehead atoms. The Kier molecular flexibility index (Phi) is 4.52. The molecule has 0 saturated heterocycles. The van der Waals surface area contributed by atoms with Crippen LogP contribution in [0.2, 0.25) is 0 Å². The van der Waals surface area contributed by atoms with Gasteiger partial charge in [0, 0.05) is 19.0 Å². The van der Waals surface area contributed by atoms with E-state index in [9.17, 15) is 9.59 Å². The van der Waals surface area contributed by atoms with Crippen LogP contribution < -0.4 is 16.4 Å². The fraction of sp³-hybridized carbons (Fsp3) is 0.429. The van der Waals surface area contributed by atoms with Crippen LogP contribution in [0.25, 0.3) is 0 Å². The topological polar surface area (TPSA) is 84.2 Å². The van der Waals surface area contributed by atoms with Crippen molar-refractivity contribution < 1.29 is 9.59 Å². The molecule has 1 aliphatic carbocycles. The van der Waals surface area contributed by atoms with E-state index >= 15 is 0 Å². The lowest BCUT2D eigenvalue weighted by molar-refractivity contribution is -0.122. The molecular weight excluding hydrogens is 242 g/mol. The van der Waals surface area contributed by atoms with E-state index in [1.54, 1.807) is 24.3 Å². The van der Waals surface area contributed by atoms with Crippen LogP contribution in [0.3, 0.4) is 0 Å². The molecule has 0 aromatic heterocycles. The second-order valence-electron chi connectivity index (χ2n) is 4.71. The molecule has 5 heteroatoms. The molecule has 1 aromatic carbocycles. The van der Waals surface area contributed by atoms with Crippen molar-refractivity contribution in [3.63, 3.8) is 0 Å². The molecule has 1 saturated carbocycles. The quantitative estimate of drug-likeness (QED) is 0.742. The van der Waals surface area contributed by atoms with Crippen molar-refractivity contribution in [2.75, 3.05) is 18.4 Å². The van der Waals surface area contributed by atoms with E-state index in [2.05, 4.69) is 10.6 Å². The Hall–Kier alpha value is -1.88. The third kappa shape index (κ3) is 3.32. The molecule has 0 aliphatic heterocycles. The monoisotopic (exact) mass is 261 g/mol. The molecule has 0 spiro atoms. The smallest absolute Gasteiger partial charge is 0.253 e. The lowest BCUT2D eigenvalue weighted by Crippen LogP contribution is -2.31. The fourth-order valence-corrected chi connectivity index (χ4v) is 1.98. The van der Waals surface area contributed by atoms with Crippen LogP contribution in [-0.4, -0.2) is 24.9 Å². The molecule has 0 unspecified atom stereocenters. The van der Waals surface area contributed by atoms with Gasteiger partial charge in [-0.15, -0.1) is 0 Å². The van der Waals surface area contributed by atoms with E-state index in [1.165, 1.54) is 0 Å². The minimum Gasteiger partial charge on any atom is -0.351 e. The van der Waals surface area contributed by atoms with E-state index in [0.29, 0.717) is 24.3 Å². The minimum absolute atomic E-state index is 0.00493. The number of hydrogen-bond donors (Lipinski definition) is 3. The molecule has 102 valence electrons. The first-order valence-corrected chi connectivity index (χ1v) is 6.60. The predicted molar refractivity (Wildman–Crippen MR) is 73.8 cm³/mol. The summed E-state index contributed by atoms with van der Waals surface area (Å²) in [6.07, 6.45) is 2.98. The van der Waals surface area contributed by atoms with E-state index in [0.717, 1.165) is 19.3 Å². The van der Waals surface area contributed by atoms with Crippen LogP contribution in [-0.2, 0) is 4.79 Å². The highest BCUT2D eigenvalue weighted by Gasteiger charge is 2.26. The van der Waals surface area contributed by atoms with Crippen LogP contribution in [0.1, 0.15) is 29.6 Å². The summed E-state index contributed by atoms with van der Waals surface area (Å²) < 4.78 is 0. The molecule has 1 aromatic rings. The van der Waals surface area contributed by atoms with Crippen molar-refractivity contribution in [3.8, 4) is 0 Å². The molecule has 5 nitrogen and oxygen atoms in total. The Morgan fingerprint density at radius 3 is 2.63 bits per heavy atom. The van der Waals surface area contributed by atoms with Crippen molar-refractivity contribution in [1.29, 1.82) is 0 Å². The Bertz CT molecular complexity index is 470. The first-order chi connectivity index (χ1) is 9.22. The summed E-state index contributed by atoms with van der Waals surface area (Å²) >= 11 is 0. The van der Waals surface area contributed by atoms with Gasteiger partial charge in [0.2, 0.25) is 5.91 Å². The zero-order chi connectivity index (χ0) is 13.7. The first kappa shape index (κ1) is 13.5. The third-order valence-corrected chi connectivity index (χ3v) is 3.34. The summed E-state index contributed by atoms with van der Waals surface area (Å²) in [5, 5.41) is 5.54. The number of rotatable bonds is 5. The van der Waals surface area contributed by atoms with Crippen LogP contribution in [0.5, 0.6) is 0 Å². The molecule has 4 N–H and O–H groups in total.